The molecule has 0 saturated carbocycles. The van der Waals surface area contributed by atoms with Crippen molar-refractivity contribution in [1.29, 1.82) is 0 Å². The fourth-order valence-corrected chi connectivity index (χ4v) is 5.68. The molecule has 0 radical (unpaired) electrons. The van der Waals surface area contributed by atoms with Crippen LogP contribution in [0.2, 0.25) is 0 Å². The first-order valence-electron chi connectivity index (χ1n) is 13.7. The second-order valence-electron chi connectivity index (χ2n) is 10.5. The number of nitrogens with zero attached hydrogens (tertiary/aromatic N) is 4. The Labute approximate surface area is 244 Å². The molecule has 0 bridgehead atoms. The lowest BCUT2D eigenvalue weighted by molar-refractivity contribution is -0.136. The van der Waals surface area contributed by atoms with E-state index in [4.69, 9.17) is 11.0 Å². The fourth-order valence-electron chi connectivity index (χ4n) is 5.68. The molecular weight excluding hydrogens is 559 g/mol. The van der Waals surface area contributed by atoms with Crippen LogP contribution in [-0.2, 0) is 16.1 Å². The Morgan fingerprint density at radius 1 is 1.12 bits per heavy atom. The van der Waals surface area contributed by atoms with E-state index in [2.05, 4.69) is 20.5 Å². The van der Waals surface area contributed by atoms with Crippen LogP contribution in [0.3, 0.4) is 0 Å². The van der Waals surface area contributed by atoms with Crippen molar-refractivity contribution in [1.82, 2.24) is 20.1 Å². The second-order valence-corrected chi connectivity index (χ2v) is 10.5. The molecule has 2 aromatic carbocycles. The predicted octanol–water partition coefficient (Wildman–Crippen LogP) is 3.40. The van der Waals surface area contributed by atoms with Crippen LogP contribution < -0.4 is 10.6 Å². The van der Waals surface area contributed by atoms with Crippen molar-refractivity contribution in [3.8, 4) is 0 Å². The molecule has 3 aliphatic rings. The van der Waals surface area contributed by atoms with E-state index in [0.717, 1.165) is 11.0 Å². The number of imide groups is 2. The van der Waals surface area contributed by atoms with Gasteiger partial charge in [-0.2, -0.15) is 0 Å². The molecular formula is C30H25FN6O6. The summed E-state index contributed by atoms with van der Waals surface area (Å²) in [6.07, 6.45) is 2.81. The highest BCUT2D eigenvalue weighted by Crippen LogP contribution is 2.33. The molecule has 1 atom stereocenters. The second kappa shape index (κ2) is 11.1. The highest BCUT2D eigenvalue weighted by Gasteiger charge is 2.45. The molecule has 4 heterocycles. The Kier molecular flexibility index (Phi) is 7.19. The van der Waals surface area contributed by atoms with Gasteiger partial charge in [-0.05, 0) is 37.5 Å². The minimum absolute atomic E-state index is 0.0363. The zero-order valence-corrected chi connectivity index (χ0v) is 22.8. The summed E-state index contributed by atoms with van der Waals surface area (Å²) in [6.45, 7) is 7.93. The van der Waals surface area contributed by atoms with Crippen LogP contribution >= 0.6 is 0 Å². The highest BCUT2D eigenvalue weighted by atomic mass is 19.1. The zero-order valence-electron chi connectivity index (χ0n) is 22.8. The van der Waals surface area contributed by atoms with Crippen molar-refractivity contribution in [3.05, 3.63) is 88.2 Å². The number of carbonyl (C=O) groups is 5. The minimum atomic E-state index is -1.05. The van der Waals surface area contributed by atoms with Crippen molar-refractivity contribution < 1.29 is 32.8 Å². The Morgan fingerprint density at radius 3 is 2.63 bits per heavy atom. The van der Waals surface area contributed by atoms with E-state index < -0.39 is 41.4 Å². The van der Waals surface area contributed by atoms with Crippen molar-refractivity contribution >= 4 is 40.9 Å². The number of benzene rings is 2. The van der Waals surface area contributed by atoms with E-state index >= 15 is 0 Å². The normalized spacial score (nSPS) is 18.8. The van der Waals surface area contributed by atoms with Gasteiger partial charge in [0.1, 0.15) is 17.6 Å². The number of aromatic nitrogens is 1. The Bertz CT molecular complexity index is 1720. The van der Waals surface area contributed by atoms with E-state index in [0.29, 0.717) is 43.3 Å². The standard InChI is InChI=1S/C30H25FN6O6/c1-32-17-5-6-19(21(31)13-17)28(40)36-11-9-16(10-12-36)27-34-15-18(43-27)14-33-22-4-2-3-20-25(22)30(42)37(29(20)41)23-7-8-24(38)35-26(23)39/h2-6,13,15-16,23,33H,7-12,14H2,(H,35,38,39). The molecule has 1 unspecified atom stereocenters. The van der Waals surface area contributed by atoms with Crippen LogP contribution in [0.25, 0.3) is 4.85 Å². The average molecular weight is 585 g/mol. The Balaban J connectivity index is 1.08. The quantitative estimate of drug-likeness (QED) is 0.331. The molecule has 2 N–H and O–H groups in total. The first-order valence-corrected chi connectivity index (χ1v) is 13.7. The molecule has 2 fully saturated rings. The number of fused-ring (bicyclic) bond motifs is 1. The summed E-state index contributed by atoms with van der Waals surface area (Å²) in [6, 6.07) is 7.56. The summed E-state index contributed by atoms with van der Waals surface area (Å²) in [5.74, 6) is -2.51. The number of nitrogens with one attached hydrogen (secondary N) is 2. The van der Waals surface area contributed by atoms with Crippen molar-refractivity contribution in [2.45, 2.75) is 44.2 Å². The van der Waals surface area contributed by atoms with Gasteiger partial charge in [-0.3, -0.25) is 34.2 Å². The summed E-state index contributed by atoms with van der Waals surface area (Å²) >= 11 is 0. The summed E-state index contributed by atoms with van der Waals surface area (Å²) in [5.41, 5.74) is 0.777. The van der Waals surface area contributed by atoms with E-state index in [1.165, 1.54) is 18.2 Å². The number of amides is 5. The van der Waals surface area contributed by atoms with Gasteiger partial charge in [-0.25, -0.2) is 14.2 Å². The van der Waals surface area contributed by atoms with Crippen molar-refractivity contribution in [3.63, 3.8) is 0 Å². The Morgan fingerprint density at radius 2 is 1.91 bits per heavy atom. The van der Waals surface area contributed by atoms with Gasteiger partial charge in [0.25, 0.3) is 17.7 Å². The van der Waals surface area contributed by atoms with E-state index in [1.54, 1.807) is 23.2 Å². The lowest BCUT2D eigenvalue weighted by Gasteiger charge is -2.30. The molecule has 3 aromatic rings. The molecule has 6 rings (SSSR count). The average Bonchev–Trinajstić information content (AvgIpc) is 3.58. The van der Waals surface area contributed by atoms with Gasteiger partial charge >= 0.3 is 0 Å². The highest BCUT2D eigenvalue weighted by molar-refractivity contribution is 6.25. The van der Waals surface area contributed by atoms with Crippen LogP contribution in [0.4, 0.5) is 15.8 Å². The number of likely N-dealkylation sites (tertiary alicyclic amines) is 1. The van der Waals surface area contributed by atoms with E-state index in [-0.39, 0.29) is 47.7 Å². The number of anilines is 1. The largest absolute Gasteiger partial charge is 0.444 e. The van der Waals surface area contributed by atoms with Crippen molar-refractivity contribution in [2.75, 3.05) is 18.4 Å². The zero-order chi connectivity index (χ0) is 30.2. The smallest absolute Gasteiger partial charge is 0.264 e. The molecule has 2 saturated heterocycles. The third-order valence-corrected chi connectivity index (χ3v) is 7.94. The number of hydrogen-bond acceptors (Lipinski definition) is 8. The maximum absolute atomic E-state index is 14.3. The third kappa shape index (κ3) is 5.12. The van der Waals surface area contributed by atoms with Gasteiger partial charge in [0.15, 0.2) is 11.6 Å². The van der Waals surface area contributed by atoms with Gasteiger partial charge in [0.05, 0.1) is 36.0 Å². The predicted molar refractivity (Wildman–Crippen MR) is 147 cm³/mol. The fraction of sp³-hybridized carbons (Fsp3) is 0.300. The van der Waals surface area contributed by atoms with Gasteiger partial charge in [-0.15, -0.1) is 0 Å². The third-order valence-electron chi connectivity index (χ3n) is 7.94. The molecule has 218 valence electrons. The van der Waals surface area contributed by atoms with E-state index in [9.17, 15) is 28.4 Å². The molecule has 13 heteroatoms. The SMILES string of the molecule is [C-]#[N+]c1ccc(C(=O)N2CCC(c3ncc(CNc4cccc5c4C(=O)N(C4CCC(=O)NC4=O)C5=O)o3)CC2)c(F)c1. The first-order chi connectivity index (χ1) is 20.7. The maximum Gasteiger partial charge on any atom is 0.264 e. The maximum atomic E-state index is 14.3. The number of halogens is 1. The topological polar surface area (TPSA) is 146 Å². The minimum Gasteiger partial charge on any atom is -0.444 e. The molecule has 0 aliphatic carbocycles. The van der Waals surface area contributed by atoms with Gasteiger partial charge in [0, 0.05) is 31.1 Å². The molecule has 3 aliphatic heterocycles. The monoisotopic (exact) mass is 584 g/mol. The van der Waals surface area contributed by atoms with Crippen LogP contribution in [-0.4, -0.2) is 63.5 Å². The Hall–Kier alpha value is -5.38. The first kappa shape index (κ1) is 27.8. The molecule has 1 aromatic heterocycles. The van der Waals surface area contributed by atoms with Crippen LogP contribution in [0.5, 0.6) is 0 Å². The van der Waals surface area contributed by atoms with Gasteiger partial charge in [0.2, 0.25) is 11.8 Å². The molecule has 5 amide bonds. The summed E-state index contributed by atoms with van der Waals surface area (Å²) in [5, 5.41) is 5.31. The number of piperidine rings is 2. The number of hydrogen-bond donors (Lipinski definition) is 2. The lowest BCUT2D eigenvalue weighted by Crippen LogP contribution is -2.54. The summed E-state index contributed by atoms with van der Waals surface area (Å²) in [4.78, 5) is 73.1. The summed E-state index contributed by atoms with van der Waals surface area (Å²) in [7, 11) is 0. The lowest BCUT2D eigenvalue weighted by atomic mass is 9.96. The number of carbonyl (C=O) groups excluding carboxylic acids is 5. The van der Waals surface area contributed by atoms with Crippen molar-refractivity contribution in [2.24, 2.45) is 0 Å². The molecule has 0 spiro atoms. The summed E-state index contributed by atoms with van der Waals surface area (Å²) < 4.78 is 20.3. The number of oxazole rings is 1. The van der Waals surface area contributed by atoms with Crippen LogP contribution in [0.1, 0.15) is 74.3 Å². The van der Waals surface area contributed by atoms with Gasteiger partial charge < -0.3 is 14.6 Å². The van der Waals surface area contributed by atoms with E-state index in [1.807, 2.05) is 0 Å². The van der Waals surface area contributed by atoms with Crippen LogP contribution in [0.15, 0.2) is 47.0 Å². The molecule has 12 nitrogen and oxygen atoms in total. The molecule has 43 heavy (non-hydrogen) atoms. The van der Waals surface area contributed by atoms with Crippen LogP contribution in [0, 0.1) is 12.4 Å². The number of rotatable bonds is 6. The van der Waals surface area contributed by atoms with Gasteiger partial charge in [-0.1, -0.05) is 18.2 Å².